The summed E-state index contributed by atoms with van der Waals surface area (Å²) in [7, 11) is 0. The lowest BCUT2D eigenvalue weighted by molar-refractivity contribution is -0.299. The fourth-order valence-corrected chi connectivity index (χ4v) is 0.0577. The van der Waals surface area contributed by atoms with Gasteiger partial charge in [-0.25, -0.2) is 0 Å². The molecule has 3 N–H and O–H groups in total. The highest BCUT2D eigenvalue weighted by molar-refractivity contribution is 5.82. The molecule has 0 aromatic heterocycles. The van der Waals surface area contributed by atoms with E-state index in [9.17, 15) is 9.90 Å². The van der Waals surface area contributed by atoms with E-state index in [0.29, 0.717) is 0 Å². The largest absolute Gasteiger partial charge is 0.545 e. The maximum absolute atomic E-state index is 9.49. The van der Waals surface area contributed by atoms with Crippen LogP contribution in [0.1, 0.15) is 6.92 Å². The van der Waals surface area contributed by atoms with Gasteiger partial charge >= 0.3 is 0 Å². The first-order valence-electron chi connectivity index (χ1n) is 4.32. The molecule has 0 aliphatic heterocycles. The van der Waals surface area contributed by atoms with Crippen LogP contribution in [0.25, 0.3) is 0 Å². The summed E-state index contributed by atoms with van der Waals surface area (Å²) >= 11 is 0. The number of hydrogen-bond donors (Lipinski definition) is 3. The van der Waals surface area contributed by atoms with Gasteiger partial charge in [-0.05, 0) is 18.6 Å². The summed E-state index contributed by atoms with van der Waals surface area (Å²) in [6.45, 7) is 6.65. The van der Waals surface area contributed by atoms with E-state index in [2.05, 4.69) is 13.2 Å². The van der Waals surface area contributed by atoms with E-state index in [1.807, 2.05) is 0 Å². The van der Waals surface area contributed by atoms with Crippen molar-refractivity contribution in [1.29, 1.82) is 0 Å². The van der Waals surface area contributed by atoms with Gasteiger partial charge in [0.2, 0.25) is 0 Å². The maximum Gasteiger partial charge on any atom is 0.100 e. The third-order valence-corrected chi connectivity index (χ3v) is 0.937. The molecule has 7 nitrogen and oxygen atoms in total. The molecule has 0 radical (unpaired) electrons. The van der Waals surface area contributed by atoms with E-state index in [-0.39, 0.29) is 18.8 Å². The molecule has 0 atom stereocenters. The van der Waals surface area contributed by atoms with Crippen LogP contribution in [0.3, 0.4) is 0 Å². The number of carbonyl (C=O) groups excluding carboxylic acids is 2. The Balaban J connectivity index is -0.000000174. The van der Waals surface area contributed by atoms with E-state index in [1.54, 1.807) is 0 Å². The minimum atomic E-state index is -1.23. The average molecular weight is 248 g/mol. The van der Waals surface area contributed by atoms with Gasteiger partial charge in [0.05, 0.1) is 25.2 Å². The molecule has 0 aromatic rings. The summed E-state index contributed by atoms with van der Waals surface area (Å²) in [6.07, 6.45) is -0.231. The van der Waals surface area contributed by atoms with Gasteiger partial charge in [-0.1, -0.05) is 13.2 Å². The number of carbonyl (C=O) groups is 2. The molecule has 0 saturated heterocycles. The molecule has 0 unspecified atom stereocenters. The van der Waals surface area contributed by atoms with Crippen molar-refractivity contribution in [3.63, 3.8) is 0 Å². The molecule has 100 valence electrons. The van der Waals surface area contributed by atoms with Crippen LogP contribution in [0.4, 0.5) is 0 Å². The van der Waals surface area contributed by atoms with Gasteiger partial charge in [-0.15, -0.1) is 0 Å². The van der Waals surface area contributed by atoms with Crippen LogP contribution >= 0.6 is 0 Å². The van der Waals surface area contributed by atoms with Gasteiger partial charge in [0.1, 0.15) is 6.10 Å². The number of aliphatic carboxylic acids is 2. The van der Waals surface area contributed by atoms with Crippen LogP contribution in [0, 0.1) is 0 Å². The highest BCUT2D eigenvalue weighted by Crippen LogP contribution is 1.77. The molecule has 0 saturated carbocycles. The van der Waals surface area contributed by atoms with Gasteiger partial charge in [0.25, 0.3) is 0 Å². The van der Waals surface area contributed by atoms with Gasteiger partial charge in [-0.3, -0.25) is 0 Å². The molecule has 0 amide bonds. The molecule has 0 spiro atoms. The van der Waals surface area contributed by atoms with Crippen LogP contribution in [-0.4, -0.2) is 46.6 Å². The molecule has 7 heteroatoms. The molecule has 17 heavy (non-hydrogen) atoms. The Kier molecular flexibility index (Phi) is 17.4. The number of aliphatic hydroxyl groups excluding tert-OH is 3. The number of carboxylic acids is 2. The number of aliphatic hydroxyl groups is 3. The molecular weight excluding hydrogens is 232 g/mol. The van der Waals surface area contributed by atoms with E-state index in [1.165, 1.54) is 6.92 Å². The zero-order valence-electron chi connectivity index (χ0n) is 9.46. The predicted molar refractivity (Wildman–Crippen MR) is 55.2 cm³/mol. The Morgan fingerprint density at radius 2 is 1.53 bits per heavy atom. The Morgan fingerprint density at radius 3 is 1.53 bits per heavy atom. The molecule has 0 heterocycles. The zero-order valence-corrected chi connectivity index (χ0v) is 9.46. The lowest BCUT2D eigenvalue weighted by Crippen LogP contribution is -2.22. The highest BCUT2D eigenvalue weighted by Gasteiger charge is 1.93. The van der Waals surface area contributed by atoms with E-state index in [0.717, 1.165) is 6.08 Å². The van der Waals surface area contributed by atoms with Crippen molar-refractivity contribution >= 4 is 11.9 Å². The lowest BCUT2D eigenvalue weighted by atomic mass is 10.4. The summed E-state index contributed by atoms with van der Waals surface area (Å²) in [4.78, 5) is 18.6. The normalized spacial score (nSPS) is 8.06. The van der Waals surface area contributed by atoms with Gasteiger partial charge < -0.3 is 35.1 Å². The summed E-state index contributed by atoms with van der Waals surface area (Å²) in [5.41, 5.74) is 0.0648. The summed E-state index contributed by atoms with van der Waals surface area (Å²) in [5, 5.41) is 42.6. The van der Waals surface area contributed by atoms with Crippen molar-refractivity contribution in [2.45, 2.75) is 13.0 Å². The third kappa shape index (κ3) is 31.4. The van der Waals surface area contributed by atoms with E-state index < -0.39 is 18.0 Å². The Hall–Kier alpha value is -1.70. The first-order valence-corrected chi connectivity index (χ1v) is 4.32. The topological polar surface area (TPSA) is 141 Å². The summed E-state index contributed by atoms with van der Waals surface area (Å²) in [5.74, 6) is -2.42. The predicted octanol–water partition coefficient (Wildman–Crippen LogP) is -3.43. The van der Waals surface area contributed by atoms with Crippen LogP contribution in [0.2, 0.25) is 0 Å². The molecule has 0 aromatic carbocycles. The fraction of sp³-hybridized carbons (Fsp3) is 0.400. The molecular formula is C10H16O7-2. The van der Waals surface area contributed by atoms with Crippen molar-refractivity contribution < 1.29 is 35.1 Å². The van der Waals surface area contributed by atoms with E-state index in [4.69, 9.17) is 25.2 Å². The first-order chi connectivity index (χ1) is 7.72. The summed E-state index contributed by atoms with van der Waals surface area (Å²) < 4.78 is 0. The van der Waals surface area contributed by atoms with Crippen molar-refractivity contribution in [2.24, 2.45) is 0 Å². The SMILES string of the molecule is C=C(C)C(=O)[O-].C=CC(=O)[O-].OCC(O)CO. The van der Waals surface area contributed by atoms with Crippen LogP contribution in [-0.2, 0) is 9.59 Å². The number of rotatable bonds is 4. The smallest absolute Gasteiger partial charge is 0.100 e. The second kappa shape index (κ2) is 14.3. The first kappa shape index (κ1) is 20.7. The maximum atomic E-state index is 9.49. The molecule has 0 rings (SSSR count). The second-order valence-corrected chi connectivity index (χ2v) is 2.61. The van der Waals surface area contributed by atoms with Crippen molar-refractivity contribution in [1.82, 2.24) is 0 Å². The monoisotopic (exact) mass is 248 g/mol. The van der Waals surface area contributed by atoms with Crippen molar-refractivity contribution in [3.8, 4) is 0 Å². The number of hydrogen-bond acceptors (Lipinski definition) is 7. The standard InChI is InChI=1S/C4H6O2.C3H8O3.C3H4O2/c1-3(2)4(5)6;4-1-3(6)2-5;1-2-3(4)5/h1H2,2H3,(H,5,6);3-6H,1-2H2;2H,1H2,(H,4,5)/p-2. The third-order valence-electron chi connectivity index (χ3n) is 0.937. The van der Waals surface area contributed by atoms with Gasteiger partial charge in [0.15, 0.2) is 0 Å². The lowest BCUT2D eigenvalue weighted by Gasteiger charge is -1.96. The molecule has 0 aliphatic rings. The summed E-state index contributed by atoms with van der Waals surface area (Å²) in [6, 6.07) is 0. The van der Waals surface area contributed by atoms with Crippen molar-refractivity contribution in [2.75, 3.05) is 13.2 Å². The number of carboxylic acid groups (broad SMARTS) is 2. The van der Waals surface area contributed by atoms with Gasteiger partial charge in [0, 0.05) is 0 Å². The average Bonchev–Trinajstić information content (AvgIpc) is 2.29. The fourth-order valence-electron chi connectivity index (χ4n) is 0.0577. The minimum Gasteiger partial charge on any atom is -0.545 e. The Bertz CT molecular complexity index is 231. The van der Waals surface area contributed by atoms with Crippen LogP contribution < -0.4 is 10.2 Å². The van der Waals surface area contributed by atoms with E-state index >= 15 is 0 Å². The quantitative estimate of drug-likeness (QED) is 0.439. The molecule has 0 bridgehead atoms. The highest BCUT2D eigenvalue weighted by atomic mass is 16.4. The van der Waals surface area contributed by atoms with Crippen LogP contribution in [0.15, 0.2) is 24.8 Å². The zero-order chi connectivity index (χ0) is 14.4. The van der Waals surface area contributed by atoms with Crippen molar-refractivity contribution in [3.05, 3.63) is 24.8 Å². The Morgan fingerprint density at radius 1 is 1.29 bits per heavy atom. The Labute approximate surface area is 99.0 Å². The molecule has 0 fully saturated rings. The molecule has 0 aliphatic carbocycles. The minimum absolute atomic E-state index is 0.0648. The van der Waals surface area contributed by atoms with Gasteiger partial charge in [-0.2, -0.15) is 0 Å². The van der Waals surface area contributed by atoms with Crippen LogP contribution in [0.5, 0.6) is 0 Å². The second-order valence-electron chi connectivity index (χ2n) is 2.61.